The number of imidazole rings is 1. The molecule has 0 saturated heterocycles. The number of sulfonamides is 1. The fourth-order valence-electron chi connectivity index (χ4n) is 3.52. The summed E-state index contributed by atoms with van der Waals surface area (Å²) in [6, 6.07) is 17.7. The van der Waals surface area contributed by atoms with Gasteiger partial charge in [-0.3, -0.25) is 4.72 Å². The summed E-state index contributed by atoms with van der Waals surface area (Å²) in [7, 11) is -3.72. The number of anilines is 1. The second-order valence-corrected chi connectivity index (χ2v) is 9.19. The van der Waals surface area contributed by atoms with Crippen molar-refractivity contribution in [3.05, 3.63) is 90.8 Å². The van der Waals surface area contributed by atoms with E-state index in [-0.39, 0.29) is 4.90 Å². The number of hydrogen-bond donors (Lipinski definition) is 1. The van der Waals surface area contributed by atoms with E-state index in [1.807, 2.05) is 48.0 Å². The standard InChI is InChI=1S/C24H20N4O3S/c1-16-4-3-13-28-14-22(26-24(16)28)18-5-9-20(10-6-18)27-32(29,30)21-11-7-19(8-12-21)23-15-31-17(2)25-23/h3-15,27H,1-2H3. The van der Waals surface area contributed by atoms with Crippen molar-refractivity contribution in [2.45, 2.75) is 18.7 Å². The predicted molar refractivity (Wildman–Crippen MR) is 123 cm³/mol. The molecule has 32 heavy (non-hydrogen) atoms. The van der Waals surface area contributed by atoms with Crippen molar-refractivity contribution in [2.75, 3.05) is 4.72 Å². The summed E-state index contributed by atoms with van der Waals surface area (Å²) < 4.78 is 35.4. The molecule has 2 aromatic carbocycles. The van der Waals surface area contributed by atoms with Crippen LogP contribution in [0.2, 0.25) is 0 Å². The number of aryl methyl sites for hydroxylation is 2. The first-order valence-corrected chi connectivity index (χ1v) is 11.5. The fraction of sp³-hybridized carbons (Fsp3) is 0.0833. The monoisotopic (exact) mass is 444 g/mol. The summed E-state index contributed by atoms with van der Waals surface area (Å²) in [5.41, 5.74) is 5.65. The van der Waals surface area contributed by atoms with Crippen molar-refractivity contribution >= 4 is 21.4 Å². The average Bonchev–Trinajstić information content (AvgIpc) is 3.41. The Morgan fingerprint density at radius 3 is 2.22 bits per heavy atom. The van der Waals surface area contributed by atoms with Gasteiger partial charge in [0.25, 0.3) is 10.0 Å². The Hall–Kier alpha value is -3.91. The number of pyridine rings is 1. The highest BCUT2D eigenvalue weighted by Gasteiger charge is 2.15. The van der Waals surface area contributed by atoms with Gasteiger partial charge in [0.1, 0.15) is 17.6 Å². The minimum Gasteiger partial charge on any atom is -0.449 e. The number of aromatic nitrogens is 3. The summed E-state index contributed by atoms with van der Waals surface area (Å²) in [4.78, 5) is 9.10. The third-order valence-corrected chi connectivity index (χ3v) is 6.59. The Kier molecular flexibility index (Phi) is 4.79. The topological polar surface area (TPSA) is 89.5 Å². The summed E-state index contributed by atoms with van der Waals surface area (Å²) in [6.45, 7) is 3.77. The smallest absolute Gasteiger partial charge is 0.261 e. The van der Waals surface area contributed by atoms with Crippen LogP contribution in [0.5, 0.6) is 0 Å². The molecule has 5 rings (SSSR count). The van der Waals surface area contributed by atoms with E-state index in [4.69, 9.17) is 4.42 Å². The molecule has 5 aromatic rings. The third-order valence-electron chi connectivity index (χ3n) is 5.19. The first-order valence-electron chi connectivity index (χ1n) is 9.99. The molecule has 0 bridgehead atoms. The van der Waals surface area contributed by atoms with Gasteiger partial charge in [0.15, 0.2) is 5.89 Å². The van der Waals surface area contributed by atoms with Crippen molar-refractivity contribution < 1.29 is 12.8 Å². The Morgan fingerprint density at radius 1 is 0.875 bits per heavy atom. The molecule has 0 spiro atoms. The number of oxazole rings is 1. The molecule has 160 valence electrons. The summed E-state index contributed by atoms with van der Waals surface area (Å²) in [5, 5.41) is 0. The molecule has 0 saturated carbocycles. The maximum atomic E-state index is 12.8. The van der Waals surface area contributed by atoms with Crippen molar-refractivity contribution in [1.29, 1.82) is 0 Å². The van der Waals surface area contributed by atoms with Crippen LogP contribution in [0.3, 0.4) is 0 Å². The van der Waals surface area contributed by atoms with Gasteiger partial charge in [-0.2, -0.15) is 0 Å². The summed E-state index contributed by atoms with van der Waals surface area (Å²) in [5.74, 6) is 0.556. The average molecular weight is 445 g/mol. The molecule has 7 nitrogen and oxygen atoms in total. The molecule has 0 unspecified atom stereocenters. The molecule has 1 N–H and O–H groups in total. The van der Waals surface area contributed by atoms with Gasteiger partial charge in [-0.1, -0.05) is 30.3 Å². The molecule has 8 heteroatoms. The van der Waals surface area contributed by atoms with Crippen LogP contribution in [0.25, 0.3) is 28.2 Å². The van der Waals surface area contributed by atoms with E-state index in [1.54, 1.807) is 49.6 Å². The molecule has 0 radical (unpaired) electrons. The largest absolute Gasteiger partial charge is 0.449 e. The van der Waals surface area contributed by atoms with E-state index >= 15 is 0 Å². The van der Waals surface area contributed by atoms with Crippen molar-refractivity contribution in [3.63, 3.8) is 0 Å². The highest BCUT2D eigenvalue weighted by molar-refractivity contribution is 7.92. The van der Waals surface area contributed by atoms with Crippen LogP contribution in [0, 0.1) is 13.8 Å². The molecule has 0 aliphatic heterocycles. The Morgan fingerprint density at radius 2 is 1.56 bits per heavy atom. The first-order chi connectivity index (χ1) is 15.4. The SMILES string of the molecule is Cc1nc(-c2ccc(S(=O)(=O)Nc3ccc(-c4cn5cccc(C)c5n4)cc3)cc2)co1. The minimum atomic E-state index is -3.72. The van der Waals surface area contributed by atoms with E-state index in [9.17, 15) is 8.42 Å². The van der Waals surface area contributed by atoms with E-state index in [2.05, 4.69) is 14.7 Å². The zero-order valence-corrected chi connectivity index (χ0v) is 18.3. The van der Waals surface area contributed by atoms with Gasteiger partial charge in [0.05, 0.1) is 10.6 Å². The highest BCUT2D eigenvalue weighted by Crippen LogP contribution is 2.25. The molecule has 3 heterocycles. The van der Waals surface area contributed by atoms with Gasteiger partial charge in [0, 0.05) is 36.1 Å². The van der Waals surface area contributed by atoms with Gasteiger partial charge in [-0.15, -0.1) is 0 Å². The van der Waals surface area contributed by atoms with Gasteiger partial charge in [-0.25, -0.2) is 18.4 Å². The number of hydrogen-bond acceptors (Lipinski definition) is 5. The first kappa shape index (κ1) is 20.0. The molecule has 0 aliphatic carbocycles. The van der Waals surface area contributed by atoms with Crippen molar-refractivity contribution in [2.24, 2.45) is 0 Å². The molecule has 0 amide bonds. The quantitative estimate of drug-likeness (QED) is 0.409. The van der Waals surface area contributed by atoms with Crippen LogP contribution >= 0.6 is 0 Å². The Labute approximate surface area is 185 Å². The normalized spacial score (nSPS) is 11.7. The Balaban J connectivity index is 1.35. The zero-order valence-electron chi connectivity index (χ0n) is 17.5. The molecule has 0 fully saturated rings. The predicted octanol–water partition coefficient (Wildman–Crippen LogP) is 5.07. The van der Waals surface area contributed by atoms with Gasteiger partial charge >= 0.3 is 0 Å². The van der Waals surface area contributed by atoms with E-state index in [0.717, 1.165) is 28.0 Å². The van der Waals surface area contributed by atoms with Crippen LogP contribution in [-0.4, -0.2) is 22.8 Å². The van der Waals surface area contributed by atoms with Crippen molar-refractivity contribution in [1.82, 2.24) is 14.4 Å². The van der Waals surface area contributed by atoms with Crippen LogP contribution in [-0.2, 0) is 10.0 Å². The molecule has 0 atom stereocenters. The van der Waals surface area contributed by atoms with Crippen LogP contribution in [0.1, 0.15) is 11.5 Å². The van der Waals surface area contributed by atoms with E-state index < -0.39 is 10.0 Å². The lowest BCUT2D eigenvalue weighted by atomic mass is 10.1. The lowest BCUT2D eigenvalue weighted by Gasteiger charge is -2.09. The number of benzene rings is 2. The van der Waals surface area contributed by atoms with E-state index in [0.29, 0.717) is 17.3 Å². The summed E-state index contributed by atoms with van der Waals surface area (Å²) in [6.07, 6.45) is 5.46. The minimum absolute atomic E-state index is 0.168. The maximum Gasteiger partial charge on any atom is 0.261 e. The molecular weight excluding hydrogens is 424 g/mol. The van der Waals surface area contributed by atoms with Crippen molar-refractivity contribution in [3.8, 4) is 22.5 Å². The zero-order chi connectivity index (χ0) is 22.3. The summed E-state index contributed by atoms with van der Waals surface area (Å²) >= 11 is 0. The number of rotatable bonds is 5. The van der Waals surface area contributed by atoms with E-state index in [1.165, 1.54) is 0 Å². The molecular formula is C24H20N4O3S. The second kappa shape index (κ2) is 7.65. The van der Waals surface area contributed by atoms with Gasteiger partial charge in [0.2, 0.25) is 0 Å². The lowest BCUT2D eigenvalue weighted by molar-refractivity contribution is 0.521. The lowest BCUT2D eigenvalue weighted by Crippen LogP contribution is -2.12. The van der Waals surface area contributed by atoms with Gasteiger partial charge in [-0.05, 0) is 42.8 Å². The number of fused-ring (bicyclic) bond motifs is 1. The maximum absolute atomic E-state index is 12.8. The number of nitrogens with zero attached hydrogens (tertiary/aromatic N) is 3. The third kappa shape index (κ3) is 3.76. The Bertz CT molecular complexity index is 1520. The van der Waals surface area contributed by atoms with Crippen LogP contribution < -0.4 is 4.72 Å². The highest BCUT2D eigenvalue weighted by atomic mass is 32.2. The fourth-order valence-corrected chi connectivity index (χ4v) is 4.58. The number of nitrogens with one attached hydrogen (secondary N) is 1. The molecule has 3 aromatic heterocycles. The van der Waals surface area contributed by atoms with Crippen LogP contribution in [0.4, 0.5) is 5.69 Å². The molecule has 0 aliphatic rings. The van der Waals surface area contributed by atoms with Gasteiger partial charge < -0.3 is 8.82 Å². The second-order valence-electron chi connectivity index (χ2n) is 7.51. The van der Waals surface area contributed by atoms with Crippen LogP contribution in [0.15, 0.2) is 88.6 Å².